The number of sulfonamides is 1. The number of carbonyl (C=O) groups excluding carboxylic acids is 2. The summed E-state index contributed by atoms with van der Waals surface area (Å²) in [4.78, 5) is 27.7. The van der Waals surface area contributed by atoms with E-state index in [4.69, 9.17) is 32.7 Å². The summed E-state index contributed by atoms with van der Waals surface area (Å²) in [5, 5.41) is 3.42. The molecule has 0 spiro atoms. The number of halogens is 2. The molecule has 0 fully saturated rings. The lowest BCUT2D eigenvalue weighted by Gasteiger charge is -2.32. The summed E-state index contributed by atoms with van der Waals surface area (Å²) in [7, 11) is -1.07. The van der Waals surface area contributed by atoms with E-state index >= 15 is 0 Å². The maximum atomic E-state index is 13.6. The molecule has 2 aromatic carbocycles. The lowest BCUT2D eigenvalue weighted by molar-refractivity contribution is -0.139. The highest BCUT2D eigenvalue weighted by Gasteiger charge is 2.31. The number of nitrogens with zero attached hydrogens (tertiary/aromatic N) is 2. The van der Waals surface area contributed by atoms with Crippen LogP contribution in [0.3, 0.4) is 0 Å². The number of hydrogen-bond acceptors (Lipinski definition) is 6. The number of hydrogen-bond donors (Lipinski definition) is 1. The molecule has 2 aromatic rings. The van der Waals surface area contributed by atoms with Crippen molar-refractivity contribution in [2.24, 2.45) is 0 Å². The van der Waals surface area contributed by atoms with Crippen molar-refractivity contribution < 1.29 is 27.5 Å². The van der Waals surface area contributed by atoms with Gasteiger partial charge in [-0.05, 0) is 50.6 Å². The van der Waals surface area contributed by atoms with Gasteiger partial charge in [0.2, 0.25) is 21.8 Å². The minimum Gasteiger partial charge on any atom is -0.497 e. The van der Waals surface area contributed by atoms with Crippen molar-refractivity contribution >= 4 is 50.7 Å². The summed E-state index contributed by atoms with van der Waals surface area (Å²) in [6.45, 7) is 4.61. The Bertz CT molecular complexity index is 1210. The maximum Gasteiger partial charge on any atom is 0.244 e. The molecule has 198 valence electrons. The van der Waals surface area contributed by atoms with E-state index in [9.17, 15) is 18.0 Å². The fourth-order valence-electron chi connectivity index (χ4n) is 3.41. The molecule has 1 N–H and O–H groups in total. The summed E-state index contributed by atoms with van der Waals surface area (Å²) in [6, 6.07) is 8.37. The van der Waals surface area contributed by atoms with Crippen molar-refractivity contribution in [3.05, 3.63) is 52.0 Å². The van der Waals surface area contributed by atoms with Gasteiger partial charge >= 0.3 is 0 Å². The first-order chi connectivity index (χ1) is 16.8. The van der Waals surface area contributed by atoms with E-state index in [0.717, 1.165) is 10.6 Å². The summed E-state index contributed by atoms with van der Waals surface area (Å²) in [5.41, 5.74) is 0.776. The maximum absolute atomic E-state index is 13.6. The van der Waals surface area contributed by atoms with Crippen LogP contribution in [0.2, 0.25) is 10.0 Å². The molecule has 0 aliphatic heterocycles. The van der Waals surface area contributed by atoms with Gasteiger partial charge in [0.15, 0.2) is 0 Å². The van der Waals surface area contributed by atoms with Gasteiger partial charge in [0.25, 0.3) is 0 Å². The van der Waals surface area contributed by atoms with E-state index in [2.05, 4.69) is 5.32 Å². The van der Waals surface area contributed by atoms with Crippen molar-refractivity contribution in [3.63, 3.8) is 0 Å². The zero-order chi connectivity index (χ0) is 27.2. The highest BCUT2D eigenvalue weighted by molar-refractivity contribution is 7.92. The minimum absolute atomic E-state index is 0.000245. The SMILES string of the molecule is COc1ccc(N(CC(=O)N(Cc2ccc(Cl)c(Cl)c2)C(C)C(=O)NC(C)C)S(C)(=O)=O)c(OC)c1. The molecule has 2 rings (SSSR count). The first kappa shape index (κ1) is 29.5. The van der Waals surface area contributed by atoms with E-state index in [1.54, 1.807) is 45.0 Å². The quantitative estimate of drug-likeness (QED) is 0.449. The Morgan fingerprint density at radius 3 is 2.19 bits per heavy atom. The molecular weight excluding hydrogens is 529 g/mol. The number of rotatable bonds is 11. The Hall–Kier alpha value is -2.69. The predicted molar refractivity (Wildman–Crippen MR) is 141 cm³/mol. The van der Waals surface area contributed by atoms with Crippen LogP contribution in [0.4, 0.5) is 5.69 Å². The van der Waals surface area contributed by atoms with Crippen LogP contribution in [-0.4, -0.2) is 64.2 Å². The summed E-state index contributed by atoms with van der Waals surface area (Å²) < 4.78 is 37.0. The second-order valence-electron chi connectivity index (χ2n) is 8.42. The lowest BCUT2D eigenvalue weighted by atomic mass is 10.1. The molecular formula is C24H31Cl2N3O6S. The van der Waals surface area contributed by atoms with Gasteiger partial charge in [-0.25, -0.2) is 8.42 Å². The van der Waals surface area contributed by atoms with Crippen LogP contribution in [0.5, 0.6) is 11.5 Å². The Morgan fingerprint density at radius 1 is 1.00 bits per heavy atom. The van der Waals surface area contributed by atoms with Gasteiger partial charge in [-0.2, -0.15) is 0 Å². The fraction of sp³-hybridized carbons (Fsp3) is 0.417. The molecule has 0 aliphatic rings. The van der Waals surface area contributed by atoms with E-state index in [1.165, 1.54) is 31.3 Å². The number of ether oxygens (including phenoxy) is 2. The van der Waals surface area contributed by atoms with E-state index in [1.807, 2.05) is 0 Å². The van der Waals surface area contributed by atoms with E-state index in [-0.39, 0.29) is 29.9 Å². The van der Waals surface area contributed by atoms with Gasteiger partial charge in [-0.15, -0.1) is 0 Å². The van der Waals surface area contributed by atoms with Crippen molar-refractivity contribution in [2.75, 3.05) is 31.3 Å². The number of amides is 2. The third-order valence-corrected chi connectivity index (χ3v) is 7.14. The van der Waals surface area contributed by atoms with Crippen LogP contribution in [0.1, 0.15) is 26.3 Å². The third-order valence-electron chi connectivity index (χ3n) is 5.27. The zero-order valence-electron chi connectivity index (χ0n) is 21.0. The largest absolute Gasteiger partial charge is 0.497 e. The number of anilines is 1. The van der Waals surface area contributed by atoms with Crippen molar-refractivity contribution in [1.29, 1.82) is 0 Å². The molecule has 36 heavy (non-hydrogen) atoms. The lowest BCUT2D eigenvalue weighted by Crippen LogP contribution is -2.52. The second kappa shape index (κ2) is 12.5. The van der Waals surface area contributed by atoms with E-state index < -0.39 is 28.5 Å². The van der Waals surface area contributed by atoms with Crippen molar-refractivity contribution in [3.8, 4) is 11.5 Å². The normalized spacial score (nSPS) is 12.1. The minimum atomic E-state index is -3.92. The van der Waals surface area contributed by atoms with Crippen LogP contribution in [0.15, 0.2) is 36.4 Å². The number of methoxy groups -OCH3 is 2. The first-order valence-electron chi connectivity index (χ1n) is 11.0. The molecule has 0 heterocycles. The Labute approximate surface area is 222 Å². The van der Waals surface area contributed by atoms with Crippen LogP contribution in [0.25, 0.3) is 0 Å². The van der Waals surface area contributed by atoms with Crippen LogP contribution < -0.4 is 19.1 Å². The first-order valence-corrected chi connectivity index (χ1v) is 13.6. The zero-order valence-corrected chi connectivity index (χ0v) is 23.4. The molecule has 1 atom stereocenters. The average molecular weight is 561 g/mol. The van der Waals surface area contributed by atoms with Crippen LogP contribution in [-0.2, 0) is 26.2 Å². The molecule has 0 aromatic heterocycles. The number of nitrogens with one attached hydrogen (secondary N) is 1. The molecule has 0 radical (unpaired) electrons. The van der Waals surface area contributed by atoms with Gasteiger partial charge < -0.3 is 19.7 Å². The van der Waals surface area contributed by atoms with Gasteiger partial charge in [0.1, 0.15) is 24.1 Å². The van der Waals surface area contributed by atoms with Gasteiger partial charge in [0.05, 0.1) is 36.2 Å². The standard InChI is InChI=1S/C24H31Cl2N3O6S/c1-15(2)27-24(31)16(3)28(13-17-7-9-19(25)20(26)11-17)23(30)14-29(36(6,32)33)21-10-8-18(34-4)12-22(21)35-5/h7-12,15-16H,13-14H2,1-6H3,(H,27,31). The highest BCUT2D eigenvalue weighted by Crippen LogP contribution is 2.34. The van der Waals surface area contributed by atoms with Gasteiger partial charge in [-0.1, -0.05) is 29.3 Å². The van der Waals surface area contributed by atoms with Crippen LogP contribution >= 0.6 is 23.2 Å². The summed E-state index contributed by atoms with van der Waals surface area (Å²) in [6.07, 6.45) is 0.988. The highest BCUT2D eigenvalue weighted by atomic mass is 35.5. The number of carbonyl (C=O) groups is 2. The van der Waals surface area contributed by atoms with Crippen LogP contribution in [0, 0.1) is 0 Å². The Kier molecular flexibility index (Phi) is 10.3. The second-order valence-corrected chi connectivity index (χ2v) is 11.1. The van der Waals surface area contributed by atoms with Crippen molar-refractivity contribution in [2.45, 2.75) is 39.4 Å². The molecule has 12 heteroatoms. The Balaban J connectivity index is 2.48. The molecule has 9 nitrogen and oxygen atoms in total. The van der Waals surface area contributed by atoms with Gasteiger partial charge in [0, 0.05) is 18.7 Å². The number of benzene rings is 2. The Morgan fingerprint density at radius 2 is 1.67 bits per heavy atom. The fourth-order valence-corrected chi connectivity index (χ4v) is 4.58. The van der Waals surface area contributed by atoms with Gasteiger partial charge in [-0.3, -0.25) is 13.9 Å². The molecule has 0 bridgehead atoms. The van der Waals surface area contributed by atoms with Crippen molar-refractivity contribution in [1.82, 2.24) is 10.2 Å². The molecule has 0 saturated heterocycles. The molecule has 0 aliphatic carbocycles. The monoisotopic (exact) mass is 559 g/mol. The molecule has 2 amide bonds. The average Bonchev–Trinajstić information content (AvgIpc) is 2.81. The van der Waals surface area contributed by atoms with E-state index in [0.29, 0.717) is 21.4 Å². The summed E-state index contributed by atoms with van der Waals surface area (Å²) >= 11 is 12.2. The molecule has 1 unspecified atom stereocenters. The summed E-state index contributed by atoms with van der Waals surface area (Å²) in [5.74, 6) is -0.327. The topological polar surface area (TPSA) is 105 Å². The molecule has 0 saturated carbocycles. The predicted octanol–water partition coefficient (Wildman–Crippen LogP) is 3.72. The smallest absolute Gasteiger partial charge is 0.244 e. The third kappa shape index (κ3) is 7.65.